The van der Waals surface area contributed by atoms with Gasteiger partial charge in [-0.3, -0.25) is 9.36 Å². The third-order valence-corrected chi connectivity index (χ3v) is 7.95. The first-order chi connectivity index (χ1) is 14.9. The molecule has 5 rings (SSSR count). The molecule has 0 aliphatic carbocycles. The summed E-state index contributed by atoms with van der Waals surface area (Å²) in [4.78, 5) is 20.8. The Morgan fingerprint density at radius 2 is 2.00 bits per heavy atom. The number of thiophene rings is 1. The van der Waals surface area contributed by atoms with E-state index < -0.39 is 0 Å². The molecule has 0 radical (unpaired) electrons. The van der Waals surface area contributed by atoms with E-state index in [0.29, 0.717) is 18.2 Å². The summed E-state index contributed by atoms with van der Waals surface area (Å²) in [6.45, 7) is 4.68. The van der Waals surface area contributed by atoms with E-state index in [0.717, 1.165) is 36.6 Å². The predicted octanol–water partition coefficient (Wildman–Crippen LogP) is 6.35. The van der Waals surface area contributed by atoms with Gasteiger partial charge in [0.1, 0.15) is 4.83 Å². The van der Waals surface area contributed by atoms with Crippen LogP contribution in [0.1, 0.15) is 29.9 Å². The molecule has 0 saturated carbocycles. The van der Waals surface area contributed by atoms with Gasteiger partial charge in [-0.25, -0.2) is 4.98 Å². The number of hydrogen-bond acceptors (Lipinski definition) is 5. The van der Waals surface area contributed by atoms with Gasteiger partial charge in [0, 0.05) is 21.5 Å². The lowest BCUT2D eigenvalue weighted by atomic mass is 9.94. The molecule has 1 aliphatic rings. The van der Waals surface area contributed by atoms with Gasteiger partial charge in [-0.1, -0.05) is 64.1 Å². The summed E-state index contributed by atoms with van der Waals surface area (Å²) in [6.07, 6.45) is 0.717. The fourth-order valence-electron chi connectivity index (χ4n) is 3.84. The second-order valence-corrected chi connectivity index (χ2v) is 11.1. The third kappa shape index (κ3) is 4.12. The molecule has 158 valence electrons. The second-order valence-electron chi connectivity index (χ2n) is 8.20. The van der Waals surface area contributed by atoms with E-state index in [1.54, 1.807) is 27.7 Å². The van der Waals surface area contributed by atoms with Crippen LogP contribution in [-0.2, 0) is 23.5 Å². The van der Waals surface area contributed by atoms with Gasteiger partial charge in [0.05, 0.1) is 23.3 Å². The third-order valence-electron chi connectivity index (χ3n) is 5.35. The van der Waals surface area contributed by atoms with Crippen molar-refractivity contribution < 1.29 is 4.74 Å². The van der Waals surface area contributed by atoms with Gasteiger partial charge in [-0.15, -0.1) is 11.3 Å². The van der Waals surface area contributed by atoms with Crippen LogP contribution < -0.4 is 5.56 Å². The van der Waals surface area contributed by atoms with Gasteiger partial charge in [0.2, 0.25) is 0 Å². The number of fused-ring (bicyclic) bond motifs is 3. The Balaban J connectivity index is 1.69. The largest absolute Gasteiger partial charge is 0.370 e. The SMILES string of the molecule is CC1(C)Cc2c(sc3nc(SCc4ccccc4)n(-c4cccc(Br)c4)c(=O)c23)CO1. The number of benzene rings is 2. The molecule has 0 spiro atoms. The van der Waals surface area contributed by atoms with E-state index >= 15 is 0 Å². The van der Waals surface area contributed by atoms with Gasteiger partial charge in [0.15, 0.2) is 5.16 Å². The molecule has 0 fully saturated rings. The Morgan fingerprint density at radius 1 is 1.19 bits per heavy atom. The Kier molecular flexibility index (Phi) is 5.54. The number of ether oxygens (including phenoxy) is 1. The van der Waals surface area contributed by atoms with Crippen LogP contribution in [0.5, 0.6) is 0 Å². The monoisotopic (exact) mass is 512 g/mol. The van der Waals surface area contributed by atoms with Gasteiger partial charge in [-0.05, 0) is 43.2 Å². The summed E-state index contributed by atoms with van der Waals surface area (Å²) in [7, 11) is 0. The quantitative estimate of drug-likeness (QED) is 0.236. The highest BCUT2D eigenvalue weighted by Crippen LogP contribution is 2.38. The van der Waals surface area contributed by atoms with Crippen molar-refractivity contribution in [2.75, 3.05) is 0 Å². The van der Waals surface area contributed by atoms with Gasteiger partial charge in [-0.2, -0.15) is 0 Å². The summed E-state index contributed by atoms with van der Waals surface area (Å²) in [6, 6.07) is 18.1. The Labute approximate surface area is 197 Å². The number of halogens is 1. The molecule has 2 aromatic carbocycles. The predicted molar refractivity (Wildman–Crippen MR) is 131 cm³/mol. The highest BCUT2D eigenvalue weighted by molar-refractivity contribution is 9.10. The molecule has 4 nitrogen and oxygen atoms in total. The molecule has 0 saturated heterocycles. The molecule has 3 heterocycles. The van der Waals surface area contributed by atoms with Crippen LogP contribution in [0, 0.1) is 0 Å². The first-order valence-corrected chi connectivity index (χ1v) is 12.6. The Hall–Kier alpha value is -1.93. The highest BCUT2D eigenvalue weighted by atomic mass is 79.9. The maximum absolute atomic E-state index is 13.9. The summed E-state index contributed by atoms with van der Waals surface area (Å²) in [5.41, 5.74) is 2.82. The van der Waals surface area contributed by atoms with Crippen molar-refractivity contribution >= 4 is 49.2 Å². The molecule has 0 atom stereocenters. The first kappa shape index (κ1) is 20.9. The fraction of sp³-hybridized carbons (Fsp3) is 0.250. The average Bonchev–Trinajstić information content (AvgIpc) is 3.09. The van der Waals surface area contributed by atoms with Crippen molar-refractivity contribution in [2.45, 2.75) is 43.4 Å². The van der Waals surface area contributed by atoms with Crippen LogP contribution in [0.3, 0.4) is 0 Å². The van der Waals surface area contributed by atoms with E-state index in [-0.39, 0.29) is 11.2 Å². The second kappa shape index (κ2) is 8.20. The topological polar surface area (TPSA) is 44.1 Å². The molecule has 4 aromatic rings. The van der Waals surface area contributed by atoms with Crippen LogP contribution >= 0.6 is 39.0 Å². The average molecular weight is 513 g/mol. The number of thioether (sulfide) groups is 1. The minimum absolute atomic E-state index is 0.00568. The molecule has 7 heteroatoms. The van der Waals surface area contributed by atoms with Crippen molar-refractivity contribution in [1.82, 2.24) is 9.55 Å². The highest BCUT2D eigenvalue weighted by Gasteiger charge is 2.31. The maximum atomic E-state index is 13.9. The van der Waals surface area contributed by atoms with Crippen molar-refractivity contribution in [3.63, 3.8) is 0 Å². The maximum Gasteiger partial charge on any atom is 0.267 e. The van der Waals surface area contributed by atoms with Crippen LogP contribution in [0.4, 0.5) is 0 Å². The van der Waals surface area contributed by atoms with Crippen LogP contribution in [-0.4, -0.2) is 15.2 Å². The fourth-order valence-corrected chi connectivity index (χ4v) is 6.34. The molecule has 2 aromatic heterocycles. The van der Waals surface area contributed by atoms with E-state index in [1.165, 1.54) is 5.56 Å². The lowest BCUT2D eigenvalue weighted by Gasteiger charge is -2.29. The van der Waals surface area contributed by atoms with Crippen LogP contribution in [0.15, 0.2) is 69.0 Å². The molecular formula is C24H21BrN2O2S2. The zero-order valence-corrected chi connectivity index (χ0v) is 20.4. The zero-order chi connectivity index (χ0) is 21.6. The summed E-state index contributed by atoms with van der Waals surface area (Å²) >= 11 is 6.72. The van der Waals surface area contributed by atoms with Gasteiger partial charge in [0.25, 0.3) is 5.56 Å². The number of nitrogens with zero attached hydrogens (tertiary/aromatic N) is 2. The summed E-state index contributed by atoms with van der Waals surface area (Å²) in [5, 5.41) is 1.44. The zero-order valence-electron chi connectivity index (χ0n) is 17.2. The van der Waals surface area contributed by atoms with E-state index in [9.17, 15) is 4.79 Å². The van der Waals surface area contributed by atoms with Gasteiger partial charge < -0.3 is 4.74 Å². The van der Waals surface area contributed by atoms with E-state index in [4.69, 9.17) is 9.72 Å². The summed E-state index contributed by atoms with van der Waals surface area (Å²) in [5.74, 6) is 0.744. The van der Waals surface area contributed by atoms with E-state index in [2.05, 4.69) is 41.9 Å². The number of rotatable bonds is 4. The van der Waals surface area contributed by atoms with Crippen LogP contribution in [0.2, 0.25) is 0 Å². The minimum Gasteiger partial charge on any atom is -0.370 e. The van der Waals surface area contributed by atoms with Crippen molar-refractivity contribution in [3.05, 3.63) is 85.4 Å². The number of aromatic nitrogens is 2. The van der Waals surface area contributed by atoms with E-state index in [1.807, 2.05) is 42.5 Å². The standard InChI is InChI=1S/C24H21BrN2O2S2/c1-24(2)12-18-19(13-29-24)31-21-20(18)22(28)27(17-10-6-9-16(25)11-17)23(26-21)30-14-15-7-4-3-5-8-15/h3-11H,12-14H2,1-2H3. The molecule has 0 N–H and O–H groups in total. The van der Waals surface area contributed by atoms with Crippen molar-refractivity contribution in [3.8, 4) is 5.69 Å². The molecule has 0 amide bonds. The molecular weight excluding hydrogens is 492 g/mol. The summed E-state index contributed by atoms with van der Waals surface area (Å²) < 4.78 is 8.68. The van der Waals surface area contributed by atoms with Gasteiger partial charge >= 0.3 is 0 Å². The minimum atomic E-state index is -0.283. The lowest BCUT2D eigenvalue weighted by molar-refractivity contribution is -0.0379. The number of hydrogen-bond donors (Lipinski definition) is 0. The lowest BCUT2D eigenvalue weighted by Crippen LogP contribution is -2.32. The Morgan fingerprint density at radius 3 is 2.77 bits per heavy atom. The normalized spacial score (nSPS) is 15.2. The molecule has 1 aliphatic heterocycles. The molecule has 0 unspecified atom stereocenters. The Bertz CT molecular complexity index is 1330. The van der Waals surface area contributed by atoms with Crippen molar-refractivity contribution in [1.29, 1.82) is 0 Å². The first-order valence-electron chi connectivity index (χ1n) is 10.1. The van der Waals surface area contributed by atoms with Crippen molar-refractivity contribution in [2.24, 2.45) is 0 Å². The smallest absolute Gasteiger partial charge is 0.267 e. The molecule has 0 bridgehead atoms. The molecule has 31 heavy (non-hydrogen) atoms. The van der Waals surface area contributed by atoms with Crippen LogP contribution in [0.25, 0.3) is 15.9 Å².